The van der Waals surface area contributed by atoms with Gasteiger partial charge in [0.1, 0.15) is 12.3 Å². The Balaban J connectivity index is 2.17. The Morgan fingerprint density at radius 2 is 1.63 bits per heavy atom. The summed E-state index contributed by atoms with van der Waals surface area (Å²) in [6, 6.07) is 11.7. The molecule has 0 saturated carbocycles. The van der Waals surface area contributed by atoms with Gasteiger partial charge in [0.2, 0.25) is 15.9 Å². The zero-order valence-corrected chi connectivity index (χ0v) is 17.5. The van der Waals surface area contributed by atoms with Crippen molar-refractivity contribution in [2.24, 2.45) is 0 Å². The maximum atomic E-state index is 12.6. The monoisotopic (exact) mass is 430 g/mol. The van der Waals surface area contributed by atoms with Crippen LogP contribution in [0, 0.1) is 0 Å². The lowest BCUT2D eigenvalue weighted by Crippen LogP contribution is -2.41. The van der Waals surface area contributed by atoms with Crippen LogP contribution in [-0.2, 0) is 21.4 Å². The Morgan fingerprint density at radius 3 is 2.11 bits per heavy atom. The van der Waals surface area contributed by atoms with E-state index in [-0.39, 0.29) is 28.2 Å². The molecular formula is C18H20Cl2N2O4S. The number of nitrogens with zero attached hydrogens (tertiary/aromatic N) is 2. The summed E-state index contributed by atoms with van der Waals surface area (Å²) in [4.78, 5) is 14.1. The van der Waals surface area contributed by atoms with Crippen LogP contribution in [0.1, 0.15) is 5.56 Å². The van der Waals surface area contributed by atoms with Crippen molar-refractivity contribution in [1.82, 2.24) is 4.90 Å². The van der Waals surface area contributed by atoms with E-state index in [2.05, 4.69) is 0 Å². The van der Waals surface area contributed by atoms with Crippen LogP contribution in [0.25, 0.3) is 0 Å². The molecule has 0 N–H and O–H groups in total. The number of anilines is 1. The van der Waals surface area contributed by atoms with Gasteiger partial charge in [-0.1, -0.05) is 35.3 Å². The van der Waals surface area contributed by atoms with Gasteiger partial charge in [-0.3, -0.25) is 9.10 Å². The van der Waals surface area contributed by atoms with Crippen molar-refractivity contribution in [3.05, 3.63) is 58.1 Å². The summed E-state index contributed by atoms with van der Waals surface area (Å²) in [5.74, 6) is 0.348. The summed E-state index contributed by atoms with van der Waals surface area (Å²) < 4.78 is 30.5. The fourth-order valence-electron chi connectivity index (χ4n) is 2.42. The molecule has 2 aromatic rings. The highest BCUT2D eigenvalue weighted by Crippen LogP contribution is 2.27. The fourth-order valence-corrected chi connectivity index (χ4v) is 3.77. The van der Waals surface area contributed by atoms with Crippen LogP contribution < -0.4 is 9.04 Å². The van der Waals surface area contributed by atoms with Gasteiger partial charge in [-0.15, -0.1) is 0 Å². The molecule has 0 bridgehead atoms. The van der Waals surface area contributed by atoms with E-state index < -0.39 is 10.0 Å². The van der Waals surface area contributed by atoms with Crippen molar-refractivity contribution in [1.29, 1.82) is 0 Å². The largest absolute Gasteiger partial charge is 0.497 e. The van der Waals surface area contributed by atoms with Gasteiger partial charge in [-0.25, -0.2) is 8.42 Å². The number of methoxy groups -OCH3 is 1. The van der Waals surface area contributed by atoms with Crippen LogP contribution in [0.2, 0.25) is 10.0 Å². The molecule has 0 saturated heterocycles. The molecule has 0 aliphatic heterocycles. The average Bonchev–Trinajstić information content (AvgIpc) is 2.58. The van der Waals surface area contributed by atoms with E-state index in [0.717, 1.165) is 16.1 Å². The van der Waals surface area contributed by atoms with Crippen molar-refractivity contribution in [2.75, 3.05) is 31.3 Å². The molecule has 2 aromatic carbocycles. The second-order valence-electron chi connectivity index (χ2n) is 6.00. The molecule has 1 amide bonds. The lowest BCUT2D eigenvalue weighted by molar-refractivity contribution is -0.128. The van der Waals surface area contributed by atoms with E-state index >= 15 is 0 Å². The standard InChI is InChI=1S/C18H20Cl2N2O4S/c1-21(11-13-4-6-17(26-2)7-5-13)18(23)12-22(27(3,24)25)16-9-14(19)8-15(20)10-16/h4-10H,11-12H2,1-3H3. The molecule has 0 unspecified atom stereocenters. The first-order chi connectivity index (χ1) is 12.6. The van der Waals surface area contributed by atoms with Crippen molar-refractivity contribution in [3.8, 4) is 5.75 Å². The lowest BCUT2D eigenvalue weighted by Gasteiger charge is -2.25. The van der Waals surface area contributed by atoms with Gasteiger partial charge in [0.15, 0.2) is 0 Å². The topological polar surface area (TPSA) is 66.9 Å². The number of halogens is 2. The number of ether oxygens (including phenoxy) is 1. The van der Waals surface area contributed by atoms with Crippen molar-refractivity contribution in [3.63, 3.8) is 0 Å². The number of rotatable bonds is 7. The van der Waals surface area contributed by atoms with Gasteiger partial charge < -0.3 is 9.64 Å². The van der Waals surface area contributed by atoms with Crippen LogP contribution >= 0.6 is 23.2 Å². The van der Waals surface area contributed by atoms with Crippen molar-refractivity contribution >= 4 is 44.8 Å². The number of amides is 1. The summed E-state index contributed by atoms with van der Waals surface area (Å²) in [7, 11) is -0.525. The Bertz CT molecular complexity index is 897. The van der Waals surface area contributed by atoms with E-state index in [1.165, 1.54) is 23.1 Å². The number of hydrogen-bond acceptors (Lipinski definition) is 4. The van der Waals surface area contributed by atoms with Gasteiger partial charge in [-0.2, -0.15) is 0 Å². The van der Waals surface area contributed by atoms with E-state index in [1.54, 1.807) is 26.3 Å². The van der Waals surface area contributed by atoms with Gasteiger partial charge in [0, 0.05) is 23.6 Å². The quantitative estimate of drug-likeness (QED) is 0.674. The zero-order chi connectivity index (χ0) is 20.2. The molecule has 9 heteroatoms. The highest BCUT2D eigenvalue weighted by atomic mass is 35.5. The summed E-state index contributed by atoms with van der Waals surface area (Å²) >= 11 is 11.9. The van der Waals surface area contributed by atoms with E-state index in [1.807, 2.05) is 12.1 Å². The maximum Gasteiger partial charge on any atom is 0.243 e. The summed E-state index contributed by atoms with van der Waals surface area (Å²) in [6.45, 7) is -0.0289. The second kappa shape index (κ2) is 8.82. The molecule has 2 rings (SSSR count). The zero-order valence-electron chi connectivity index (χ0n) is 15.1. The number of sulfonamides is 1. The third kappa shape index (κ3) is 6.02. The van der Waals surface area contributed by atoms with Gasteiger partial charge >= 0.3 is 0 Å². The summed E-state index contributed by atoms with van der Waals surface area (Å²) in [5, 5.41) is 0.565. The lowest BCUT2D eigenvalue weighted by atomic mass is 10.2. The van der Waals surface area contributed by atoms with Crippen molar-refractivity contribution in [2.45, 2.75) is 6.54 Å². The average molecular weight is 431 g/mol. The number of benzene rings is 2. The molecule has 0 fully saturated rings. The molecule has 0 aromatic heterocycles. The van der Waals surface area contributed by atoms with E-state index in [9.17, 15) is 13.2 Å². The molecule has 27 heavy (non-hydrogen) atoms. The fraction of sp³-hybridized carbons (Fsp3) is 0.278. The molecule has 146 valence electrons. The molecule has 6 nitrogen and oxygen atoms in total. The third-order valence-electron chi connectivity index (χ3n) is 3.82. The molecule has 0 spiro atoms. The van der Waals surface area contributed by atoms with Gasteiger partial charge in [0.25, 0.3) is 0 Å². The van der Waals surface area contributed by atoms with Crippen LogP contribution in [-0.4, -0.2) is 46.2 Å². The van der Waals surface area contributed by atoms with Crippen molar-refractivity contribution < 1.29 is 17.9 Å². The van der Waals surface area contributed by atoms with Gasteiger partial charge in [0.05, 0.1) is 19.1 Å². The molecule has 0 atom stereocenters. The van der Waals surface area contributed by atoms with E-state index in [4.69, 9.17) is 27.9 Å². The molecule has 0 heterocycles. The van der Waals surface area contributed by atoms with Crippen LogP contribution in [0.3, 0.4) is 0 Å². The first kappa shape index (κ1) is 21.3. The first-order valence-electron chi connectivity index (χ1n) is 7.91. The molecular weight excluding hydrogens is 411 g/mol. The number of carbonyl (C=O) groups excluding carboxylic acids is 1. The minimum absolute atomic E-state index is 0.237. The number of carbonyl (C=O) groups is 1. The molecule has 0 aliphatic rings. The maximum absolute atomic E-state index is 12.6. The summed E-state index contributed by atoms with van der Waals surface area (Å²) in [5.41, 5.74) is 1.13. The minimum atomic E-state index is -3.71. The Kier molecular flexibility index (Phi) is 6.97. The predicted molar refractivity (Wildman–Crippen MR) is 108 cm³/mol. The van der Waals surface area contributed by atoms with Crippen LogP contribution in [0.4, 0.5) is 5.69 Å². The van der Waals surface area contributed by atoms with Crippen LogP contribution in [0.15, 0.2) is 42.5 Å². The predicted octanol–water partition coefficient (Wildman–Crippen LogP) is 3.43. The minimum Gasteiger partial charge on any atom is -0.497 e. The molecule has 0 radical (unpaired) electrons. The third-order valence-corrected chi connectivity index (χ3v) is 5.40. The normalized spacial score (nSPS) is 11.1. The highest BCUT2D eigenvalue weighted by Gasteiger charge is 2.23. The number of hydrogen-bond donors (Lipinski definition) is 0. The number of likely N-dealkylation sites (N-methyl/N-ethyl adjacent to an activating group) is 1. The van der Waals surface area contributed by atoms with E-state index in [0.29, 0.717) is 12.3 Å². The SMILES string of the molecule is COc1ccc(CN(C)C(=O)CN(c2cc(Cl)cc(Cl)c2)S(C)(=O)=O)cc1. The second-order valence-corrected chi connectivity index (χ2v) is 8.77. The Labute approximate surface area is 169 Å². The summed E-state index contributed by atoms with van der Waals surface area (Å²) in [6.07, 6.45) is 1.03. The smallest absolute Gasteiger partial charge is 0.243 e. The van der Waals surface area contributed by atoms with Gasteiger partial charge in [-0.05, 0) is 35.9 Å². The molecule has 0 aliphatic carbocycles. The first-order valence-corrected chi connectivity index (χ1v) is 10.5. The Hall–Kier alpha value is -1.96. The Morgan fingerprint density at radius 1 is 1.07 bits per heavy atom. The highest BCUT2D eigenvalue weighted by molar-refractivity contribution is 7.92. The van der Waals surface area contributed by atoms with Crippen LogP contribution in [0.5, 0.6) is 5.75 Å².